The maximum absolute atomic E-state index is 11.3. The van der Waals surface area contributed by atoms with Crippen molar-refractivity contribution in [2.45, 2.75) is 46.0 Å². The second kappa shape index (κ2) is 4.29. The number of carbonyl (C=O) groups excluding carboxylic acids is 1. The molecule has 1 saturated heterocycles. The molecule has 0 aromatic heterocycles. The van der Waals surface area contributed by atoms with Gasteiger partial charge in [-0.3, -0.25) is 4.79 Å². The molecular formula is C15H24O2. The molecule has 0 amide bonds. The first-order chi connectivity index (χ1) is 8.16. The SMILES string of the molecule is CC1C2CC(C3CCCC(=O)OC3)C(C2)C1C. The monoisotopic (exact) mass is 236 g/mol. The van der Waals surface area contributed by atoms with Crippen LogP contribution in [0.2, 0.25) is 0 Å². The minimum atomic E-state index is 0.0251. The van der Waals surface area contributed by atoms with Crippen LogP contribution >= 0.6 is 0 Å². The maximum atomic E-state index is 11.3. The molecule has 17 heavy (non-hydrogen) atoms. The van der Waals surface area contributed by atoms with E-state index in [4.69, 9.17) is 4.74 Å². The Bertz CT molecular complexity index is 310. The van der Waals surface area contributed by atoms with Gasteiger partial charge in [0.1, 0.15) is 0 Å². The van der Waals surface area contributed by atoms with Crippen LogP contribution in [0.4, 0.5) is 0 Å². The molecule has 2 bridgehead atoms. The lowest BCUT2D eigenvalue weighted by Gasteiger charge is -2.36. The van der Waals surface area contributed by atoms with Gasteiger partial charge in [-0.1, -0.05) is 13.8 Å². The van der Waals surface area contributed by atoms with Crippen molar-refractivity contribution in [3.8, 4) is 0 Å². The van der Waals surface area contributed by atoms with Gasteiger partial charge in [-0.05, 0) is 61.2 Å². The van der Waals surface area contributed by atoms with E-state index in [1.54, 1.807) is 0 Å². The number of rotatable bonds is 1. The highest BCUT2D eigenvalue weighted by atomic mass is 16.5. The van der Waals surface area contributed by atoms with Crippen molar-refractivity contribution >= 4 is 5.97 Å². The van der Waals surface area contributed by atoms with Gasteiger partial charge in [-0.25, -0.2) is 0 Å². The second-order valence-corrected chi connectivity index (χ2v) is 6.61. The fourth-order valence-electron chi connectivity index (χ4n) is 4.74. The van der Waals surface area contributed by atoms with Crippen molar-refractivity contribution in [1.82, 2.24) is 0 Å². The van der Waals surface area contributed by atoms with E-state index in [0.29, 0.717) is 18.9 Å². The van der Waals surface area contributed by atoms with Gasteiger partial charge in [0.05, 0.1) is 6.61 Å². The Kier molecular flexibility index (Phi) is 2.92. The first kappa shape index (κ1) is 11.6. The van der Waals surface area contributed by atoms with E-state index >= 15 is 0 Å². The van der Waals surface area contributed by atoms with E-state index in [1.807, 2.05) is 0 Å². The maximum Gasteiger partial charge on any atom is 0.305 e. The minimum Gasteiger partial charge on any atom is -0.465 e. The third-order valence-electron chi connectivity index (χ3n) is 5.97. The molecule has 6 atom stereocenters. The van der Waals surface area contributed by atoms with Crippen molar-refractivity contribution in [3.63, 3.8) is 0 Å². The highest BCUT2D eigenvalue weighted by molar-refractivity contribution is 5.69. The number of ether oxygens (including phenoxy) is 1. The third-order valence-corrected chi connectivity index (χ3v) is 5.97. The third kappa shape index (κ3) is 1.90. The molecule has 0 N–H and O–H groups in total. The van der Waals surface area contributed by atoms with Gasteiger partial charge in [-0.2, -0.15) is 0 Å². The molecule has 3 fully saturated rings. The van der Waals surface area contributed by atoms with E-state index in [2.05, 4.69) is 13.8 Å². The summed E-state index contributed by atoms with van der Waals surface area (Å²) in [7, 11) is 0. The van der Waals surface area contributed by atoms with Gasteiger partial charge in [0.2, 0.25) is 0 Å². The van der Waals surface area contributed by atoms with Crippen LogP contribution in [0.1, 0.15) is 46.0 Å². The van der Waals surface area contributed by atoms with Crippen LogP contribution in [0.15, 0.2) is 0 Å². The zero-order valence-electron chi connectivity index (χ0n) is 11.0. The van der Waals surface area contributed by atoms with Crippen molar-refractivity contribution in [2.24, 2.45) is 35.5 Å². The Hall–Kier alpha value is -0.530. The average molecular weight is 236 g/mol. The summed E-state index contributed by atoms with van der Waals surface area (Å²) in [4.78, 5) is 11.3. The molecule has 3 aliphatic rings. The van der Waals surface area contributed by atoms with E-state index in [-0.39, 0.29) is 5.97 Å². The summed E-state index contributed by atoms with van der Waals surface area (Å²) in [5.74, 6) is 5.21. The Morgan fingerprint density at radius 2 is 1.82 bits per heavy atom. The summed E-state index contributed by atoms with van der Waals surface area (Å²) in [6.07, 6.45) is 5.74. The van der Waals surface area contributed by atoms with Crippen LogP contribution in [0.5, 0.6) is 0 Å². The number of carbonyl (C=O) groups is 1. The Labute approximate surface area is 104 Å². The molecule has 2 heteroatoms. The summed E-state index contributed by atoms with van der Waals surface area (Å²) in [6.45, 7) is 5.57. The average Bonchev–Trinajstić information content (AvgIpc) is 2.77. The lowest BCUT2D eigenvalue weighted by atomic mass is 9.70. The highest BCUT2D eigenvalue weighted by Crippen LogP contribution is 2.57. The Morgan fingerprint density at radius 1 is 1.06 bits per heavy atom. The van der Waals surface area contributed by atoms with Crippen molar-refractivity contribution in [1.29, 1.82) is 0 Å². The van der Waals surface area contributed by atoms with E-state index < -0.39 is 0 Å². The molecule has 0 spiro atoms. The zero-order chi connectivity index (χ0) is 12.0. The number of hydrogen-bond acceptors (Lipinski definition) is 2. The normalized spacial score (nSPS) is 50.1. The molecule has 0 radical (unpaired) electrons. The number of fused-ring (bicyclic) bond motifs is 2. The van der Waals surface area contributed by atoms with Crippen LogP contribution in [-0.2, 0) is 9.53 Å². The predicted molar refractivity (Wildman–Crippen MR) is 66.3 cm³/mol. The van der Waals surface area contributed by atoms with Crippen molar-refractivity contribution in [2.75, 3.05) is 6.61 Å². The summed E-state index contributed by atoms with van der Waals surface area (Å²) in [6, 6.07) is 0. The smallest absolute Gasteiger partial charge is 0.305 e. The topological polar surface area (TPSA) is 26.3 Å². The van der Waals surface area contributed by atoms with Gasteiger partial charge in [-0.15, -0.1) is 0 Å². The van der Waals surface area contributed by atoms with Crippen LogP contribution in [-0.4, -0.2) is 12.6 Å². The molecule has 0 aromatic rings. The molecular weight excluding hydrogens is 212 g/mol. The number of cyclic esters (lactones) is 1. The molecule has 2 nitrogen and oxygen atoms in total. The van der Waals surface area contributed by atoms with Gasteiger partial charge in [0.15, 0.2) is 0 Å². The molecule has 2 saturated carbocycles. The number of esters is 1. The van der Waals surface area contributed by atoms with Crippen LogP contribution in [0.25, 0.3) is 0 Å². The summed E-state index contributed by atoms with van der Waals surface area (Å²) < 4.78 is 5.36. The Balaban J connectivity index is 1.68. The molecule has 1 heterocycles. The summed E-state index contributed by atoms with van der Waals surface area (Å²) in [5, 5.41) is 0. The fourth-order valence-corrected chi connectivity index (χ4v) is 4.74. The van der Waals surface area contributed by atoms with E-state index in [0.717, 1.165) is 36.0 Å². The van der Waals surface area contributed by atoms with Gasteiger partial charge < -0.3 is 4.74 Å². The summed E-state index contributed by atoms with van der Waals surface area (Å²) >= 11 is 0. The first-order valence-electron chi connectivity index (χ1n) is 7.32. The highest BCUT2D eigenvalue weighted by Gasteiger charge is 2.50. The molecule has 3 rings (SSSR count). The van der Waals surface area contributed by atoms with Crippen molar-refractivity contribution in [3.05, 3.63) is 0 Å². The molecule has 6 unspecified atom stereocenters. The van der Waals surface area contributed by atoms with Gasteiger partial charge in [0, 0.05) is 6.42 Å². The predicted octanol–water partition coefficient (Wildman–Crippen LogP) is 3.26. The van der Waals surface area contributed by atoms with Gasteiger partial charge >= 0.3 is 5.97 Å². The number of hydrogen-bond donors (Lipinski definition) is 0. The van der Waals surface area contributed by atoms with Crippen LogP contribution in [0.3, 0.4) is 0 Å². The van der Waals surface area contributed by atoms with E-state index in [9.17, 15) is 4.79 Å². The second-order valence-electron chi connectivity index (χ2n) is 6.61. The van der Waals surface area contributed by atoms with Crippen LogP contribution < -0.4 is 0 Å². The zero-order valence-corrected chi connectivity index (χ0v) is 11.0. The fraction of sp³-hybridized carbons (Fsp3) is 0.933. The van der Waals surface area contributed by atoms with E-state index in [1.165, 1.54) is 19.3 Å². The summed E-state index contributed by atoms with van der Waals surface area (Å²) in [5.41, 5.74) is 0. The Morgan fingerprint density at radius 3 is 2.53 bits per heavy atom. The van der Waals surface area contributed by atoms with Gasteiger partial charge in [0.25, 0.3) is 0 Å². The standard InChI is InChI=1S/C15H24O2/c1-9-10(2)13-6-12(9)7-14(13)11-4-3-5-15(16)17-8-11/h9-14H,3-8H2,1-2H3. The van der Waals surface area contributed by atoms with Crippen LogP contribution in [0, 0.1) is 35.5 Å². The minimum absolute atomic E-state index is 0.0251. The molecule has 1 aliphatic heterocycles. The van der Waals surface area contributed by atoms with Crippen molar-refractivity contribution < 1.29 is 9.53 Å². The molecule has 2 aliphatic carbocycles. The largest absolute Gasteiger partial charge is 0.465 e. The quantitative estimate of drug-likeness (QED) is 0.653. The lowest BCUT2D eigenvalue weighted by Crippen LogP contribution is -2.31. The molecule has 96 valence electrons. The molecule has 0 aromatic carbocycles. The first-order valence-corrected chi connectivity index (χ1v) is 7.32. The lowest BCUT2D eigenvalue weighted by molar-refractivity contribution is -0.144.